The molecule has 4 aromatic carbocycles. The van der Waals surface area contributed by atoms with Gasteiger partial charge in [-0.3, -0.25) is 19.2 Å². The second-order valence-corrected chi connectivity index (χ2v) is 18.5. The number of rotatable bonds is 14. The normalized spacial score (nSPS) is 20.8. The number of carbonyl (C=O) groups excluding carboxylic acids is 4. The van der Waals surface area contributed by atoms with Gasteiger partial charge in [-0.2, -0.15) is 0 Å². The summed E-state index contributed by atoms with van der Waals surface area (Å²) in [6, 6.07) is 26.8. The molecule has 0 aliphatic carbocycles. The molecule has 348 valence electrons. The third-order valence-electron chi connectivity index (χ3n) is 12.4. The number of halogens is 2. The lowest BCUT2D eigenvalue weighted by Gasteiger charge is -2.45. The van der Waals surface area contributed by atoms with E-state index >= 15 is 4.79 Å². The summed E-state index contributed by atoms with van der Waals surface area (Å²) >= 11 is 12.8. The number of benzene rings is 4. The smallest absolute Gasteiger partial charge is 0.245 e. The summed E-state index contributed by atoms with van der Waals surface area (Å²) in [6.07, 6.45) is 3.33. The fourth-order valence-corrected chi connectivity index (χ4v) is 9.30. The second kappa shape index (κ2) is 21.7. The average molecular weight is 938 g/mol. The molecule has 0 saturated carbocycles. The van der Waals surface area contributed by atoms with Gasteiger partial charge in [0.15, 0.2) is 0 Å². The van der Waals surface area contributed by atoms with Gasteiger partial charge in [0.1, 0.15) is 29.4 Å². The van der Waals surface area contributed by atoms with Crippen LogP contribution in [0.4, 0.5) is 0 Å². The third kappa shape index (κ3) is 11.8. The maximum atomic E-state index is 15.1. The van der Waals surface area contributed by atoms with Crippen LogP contribution >= 0.6 is 23.2 Å². The zero-order valence-electron chi connectivity index (χ0n) is 37.6. The summed E-state index contributed by atoms with van der Waals surface area (Å²) in [7, 11) is 5.96. The van der Waals surface area contributed by atoms with E-state index in [0.717, 1.165) is 28.2 Å². The molecule has 2 aliphatic rings. The lowest BCUT2D eigenvalue weighted by atomic mass is 9.81. The predicted molar refractivity (Wildman–Crippen MR) is 255 cm³/mol. The Morgan fingerprint density at radius 3 is 2.35 bits per heavy atom. The number of hydrogen-bond acceptors (Lipinski definition) is 9. The zero-order valence-corrected chi connectivity index (χ0v) is 39.1. The maximum absolute atomic E-state index is 15.1. The van der Waals surface area contributed by atoms with Crippen molar-refractivity contribution in [3.8, 4) is 22.8 Å². The fraction of sp³-hybridized carbons (Fsp3) is 0.380. The third-order valence-corrected chi connectivity index (χ3v) is 12.9. The van der Waals surface area contributed by atoms with Crippen LogP contribution in [0.15, 0.2) is 103 Å². The number of aliphatic hydroxyl groups excluding tert-OH is 1. The number of nitrogens with zero attached hydrogens (tertiary/aromatic N) is 5. The molecule has 1 aromatic heterocycles. The topological polar surface area (TPSA) is 175 Å². The van der Waals surface area contributed by atoms with Crippen molar-refractivity contribution < 1.29 is 29.0 Å². The number of ether oxygens (including phenoxy) is 1. The molecule has 5 aromatic rings. The van der Waals surface area contributed by atoms with Gasteiger partial charge in [0, 0.05) is 47.7 Å². The van der Waals surface area contributed by atoms with Gasteiger partial charge in [-0.05, 0) is 112 Å². The first-order chi connectivity index (χ1) is 31.7. The van der Waals surface area contributed by atoms with Crippen LogP contribution in [0.25, 0.3) is 11.3 Å². The first-order valence-electron chi connectivity index (χ1n) is 22.3. The van der Waals surface area contributed by atoms with Crippen LogP contribution in [-0.4, -0.2) is 111 Å². The van der Waals surface area contributed by atoms with E-state index in [1.54, 1.807) is 35.2 Å². The van der Waals surface area contributed by atoms with Gasteiger partial charge in [-0.15, -0.1) is 0 Å². The number of aliphatic hydroxyl groups is 1. The lowest BCUT2D eigenvalue weighted by molar-refractivity contribution is -0.148. The van der Waals surface area contributed by atoms with Crippen molar-refractivity contribution in [2.24, 2.45) is 18.7 Å². The van der Waals surface area contributed by atoms with E-state index in [1.165, 1.54) is 4.90 Å². The standard InChI is InChI=1S/C50H58Cl2N8O6/c1-57(2)30-45-54-28-43(58(45)3)35-13-18-40(19-14-35)66-44-26-39(52)17-12-36(44)29-60-42(20-22-53)48(64)55-41(31-61)47(63)56-50(27-34-10-15-38(51)16-11-34)21-7-23-59(32-50)49(65)37(25-46(60)62)24-33-8-5-4-6-9-33/h4-6,8-19,26,28,37,41-42,61H,7,20-25,27,29-32,53H2,1-3H3,(H,55,64)(H,56,63)/t37-,41+,42+,50?/m1/s1. The Bertz CT molecular complexity index is 2490. The molecular weight excluding hydrogens is 880 g/mol. The molecular formula is C50H58Cl2N8O6. The van der Waals surface area contributed by atoms with Crippen LogP contribution in [-0.2, 0) is 52.2 Å². The van der Waals surface area contributed by atoms with Gasteiger partial charge < -0.3 is 45.5 Å². The molecule has 7 rings (SSSR count). The molecule has 2 aliphatic heterocycles. The van der Waals surface area contributed by atoms with Crippen LogP contribution in [0.5, 0.6) is 11.5 Å². The Morgan fingerprint density at radius 2 is 1.65 bits per heavy atom. The molecule has 66 heavy (non-hydrogen) atoms. The molecule has 1 unspecified atom stereocenters. The summed E-state index contributed by atoms with van der Waals surface area (Å²) < 4.78 is 8.52. The van der Waals surface area contributed by atoms with Crippen molar-refractivity contribution in [3.63, 3.8) is 0 Å². The van der Waals surface area contributed by atoms with Gasteiger partial charge in [0.25, 0.3) is 0 Å². The first kappa shape index (κ1) is 48.2. The number of nitrogens with two attached hydrogens (primary N) is 1. The highest BCUT2D eigenvalue weighted by atomic mass is 35.5. The Kier molecular flexibility index (Phi) is 15.8. The van der Waals surface area contributed by atoms with Gasteiger partial charge in [0.2, 0.25) is 23.6 Å². The zero-order chi connectivity index (χ0) is 47.0. The largest absolute Gasteiger partial charge is 0.457 e. The summed E-state index contributed by atoms with van der Waals surface area (Å²) in [4.78, 5) is 68.7. The number of amides is 4. The van der Waals surface area contributed by atoms with Crippen molar-refractivity contribution in [2.45, 2.75) is 69.2 Å². The molecule has 4 amide bonds. The molecule has 2 fully saturated rings. The highest BCUT2D eigenvalue weighted by molar-refractivity contribution is 6.31. The van der Waals surface area contributed by atoms with E-state index in [0.29, 0.717) is 59.5 Å². The fourth-order valence-electron chi connectivity index (χ4n) is 9.01. The van der Waals surface area contributed by atoms with Crippen molar-refractivity contribution in [3.05, 3.63) is 136 Å². The Balaban J connectivity index is 1.24. The molecule has 2 saturated heterocycles. The molecule has 16 heteroatoms. The van der Waals surface area contributed by atoms with Crippen LogP contribution in [0.3, 0.4) is 0 Å². The van der Waals surface area contributed by atoms with Gasteiger partial charge in [-0.25, -0.2) is 4.98 Å². The highest BCUT2D eigenvalue weighted by Crippen LogP contribution is 2.34. The van der Waals surface area contributed by atoms with Crippen molar-refractivity contribution in [1.82, 2.24) is 34.9 Å². The monoisotopic (exact) mass is 936 g/mol. The molecule has 5 N–H and O–H groups in total. The van der Waals surface area contributed by atoms with E-state index in [9.17, 15) is 19.5 Å². The molecule has 0 radical (unpaired) electrons. The predicted octanol–water partition coefficient (Wildman–Crippen LogP) is 5.75. The minimum atomic E-state index is -1.38. The number of piperidine rings is 1. The van der Waals surface area contributed by atoms with Crippen LogP contribution < -0.4 is 21.1 Å². The molecule has 0 spiro atoms. The number of aromatic nitrogens is 2. The number of nitrogens with one attached hydrogen (secondary N) is 2. The molecule has 3 heterocycles. The lowest BCUT2D eigenvalue weighted by Crippen LogP contribution is -2.65. The Hall–Kier alpha value is -5.77. The Morgan fingerprint density at radius 1 is 0.924 bits per heavy atom. The highest BCUT2D eigenvalue weighted by Gasteiger charge is 2.43. The van der Waals surface area contributed by atoms with Crippen molar-refractivity contribution in [1.29, 1.82) is 0 Å². The number of fused-ring (bicyclic) bond motifs is 2. The maximum Gasteiger partial charge on any atom is 0.245 e. The quantitative estimate of drug-likeness (QED) is 0.108. The van der Waals surface area contributed by atoms with Crippen LogP contribution in [0.2, 0.25) is 10.0 Å². The number of imidazole rings is 1. The van der Waals surface area contributed by atoms with E-state index in [2.05, 4.69) is 20.5 Å². The van der Waals surface area contributed by atoms with E-state index in [4.69, 9.17) is 33.7 Å². The second-order valence-electron chi connectivity index (χ2n) is 17.6. The average Bonchev–Trinajstić information content (AvgIpc) is 3.65. The number of carbonyl (C=O) groups is 4. The summed E-state index contributed by atoms with van der Waals surface area (Å²) in [5.74, 6) is -1.06. The molecule has 4 atom stereocenters. The minimum absolute atomic E-state index is 0.00579. The summed E-state index contributed by atoms with van der Waals surface area (Å²) in [5.41, 5.74) is 9.37. The van der Waals surface area contributed by atoms with Gasteiger partial charge >= 0.3 is 0 Å². The van der Waals surface area contributed by atoms with E-state index in [-0.39, 0.29) is 44.8 Å². The molecule has 2 bridgehead atoms. The SMILES string of the molecule is CN(C)Cc1ncc(-c2ccc(Oc3cc(Cl)ccc3CN3C(=O)C[C@@H](Cc4ccccc4)C(=O)N4CCCC(Cc5ccc(Cl)cc5)(C4)NC(=O)[C@H](CO)NC(=O)[C@@H]3CCN)cc2)n1C. The summed E-state index contributed by atoms with van der Waals surface area (Å²) in [5, 5.41) is 17.5. The van der Waals surface area contributed by atoms with Gasteiger partial charge in [-0.1, -0.05) is 71.7 Å². The summed E-state index contributed by atoms with van der Waals surface area (Å²) in [6.45, 7) is 0.410. The van der Waals surface area contributed by atoms with Crippen molar-refractivity contribution >= 4 is 46.8 Å². The van der Waals surface area contributed by atoms with E-state index in [1.807, 2.05) is 98.6 Å². The Labute approximate surface area is 396 Å². The van der Waals surface area contributed by atoms with Crippen LogP contribution in [0.1, 0.15) is 48.2 Å². The molecule has 14 nitrogen and oxygen atoms in total. The minimum Gasteiger partial charge on any atom is -0.457 e. The number of hydrogen-bond donors (Lipinski definition) is 4. The van der Waals surface area contributed by atoms with Gasteiger partial charge in [0.05, 0.1) is 43.0 Å². The first-order valence-corrected chi connectivity index (χ1v) is 23.0. The van der Waals surface area contributed by atoms with Crippen molar-refractivity contribution in [2.75, 3.05) is 40.3 Å². The van der Waals surface area contributed by atoms with E-state index < -0.39 is 47.9 Å². The van der Waals surface area contributed by atoms with Crippen LogP contribution in [0, 0.1) is 5.92 Å².